The Hall–Kier alpha value is -2.39. The Bertz CT molecular complexity index is 763. The number of piperazine rings is 1. The first-order valence-corrected chi connectivity index (χ1v) is 8.65. The van der Waals surface area contributed by atoms with Crippen molar-refractivity contribution in [2.24, 2.45) is 0 Å². The van der Waals surface area contributed by atoms with Crippen molar-refractivity contribution in [2.75, 3.05) is 26.2 Å². The van der Waals surface area contributed by atoms with Gasteiger partial charge in [0.2, 0.25) is 5.91 Å². The molecule has 0 aliphatic carbocycles. The third-order valence-corrected chi connectivity index (χ3v) is 4.54. The number of furan rings is 1. The molecule has 1 aliphatic heterocycles. The number of halogens is 3. The summed E-state index contributed by atoms with van der Waals surface area (Å²) >= 11 is 0. The normalized spacial score (nSPS) is 19.6. The molecule has 0 bridgehead atoms. The average molecular weight is 382 g/mol. The van der Waals surface area contributed by atoms with Crippen molar-refractivity contribution in [3.63, 3.8) is 0 Å². The van der Waals surface area contributed by atoms with Crippen molar-refractivity contribution in [3.8, 4) is 11.3 Å². The highest BCUT2D eigenvalue weighted by atomic mass is 19.4. The zero-order valence-corrected chi connectivity index (χ0v) is 14.8. The van der Waals surface area contributed by atoms with E-state index in [1.165, 1.54) is 0 Å². The Morgan fingerprint density at radius 3 is 2.81 bits per heavy atom. The predicted molar refractivity (Wildman–Crippen MR) is 92.8 cm³/mol. The molecular formula is C18H21F3N4O2. The maximum absolute atomic E-state index is 12.3. The number of aromatic nitrogens is 1. The monoisotopic (exact) mass is 382 g/mol. The lowest BCUT2D eigenvalue weighted by molar-refractivity contribution is -0.140. The number of amides is 1. The zero-order valence-electron chi connectivity index (χ0n) is 14.8. The standard InChI is InChI=1S/C18H21F3N4O2/c1-12(15-2-3-16(27-15)13-4-6-22-7-5-13)25-9-8-23-14(10-25)17(26)24-11-18(19,20)21/h2-7,12,14,23H,8-11H2,1H3,(H,24,26)/t12?,14-/m0/s1. The van der Waals surface area contributed by atoms with E-state index in [9.17, 15) is 18.0 Å². The van der Waals surface area contributed by atoms with E-state index in [2.05, 4.69) is 10.3 Å². The Morgan fingerprint density at radius 1 is 1.37 bits per heavy atom. The lowest BCUT2D eigenvalue weighted by Gasteiger charge is -2.36. The van der Waals surface area contributed by atoms with Gasteiger partial charge in [-0.25, -0.2) is 0 Å². The predicted octanol–water partition coefficient (Wildman–Crippen LogP) is 2.35. The van der Waals surface area contributed by atoms with Crippen LogP contribution in [0.25, 0.3) is 11.3 Å². The van der Waals surface area contributed by atoms with E-state index in [4.69, 9.17) is 4.42 Å². The van der Waals surface area contributed by atoms with Crippen LogP contribution in [0.4, 0.5) is 13.2 Å². The summed E-state index contributed by atoms with van der Waals surface area (Å²) in [6.45, 7) is 2.09. The quantitative estimate of drug-likeness (QED) is 0.831. The molecule has 0 spiro atoms. The summed E-state index contributed by atoms with van der Waals surface area (Å²) in [7, 11) is 0. The summed E-state index contributed by atoms with van der Waals surface area (Å²) in [5.41, 5.74) is 0.910. The molecule has 0 saturated carbocycles. The van der Waals surface area contributed by atoms with Crippen molar-refractivity contribution in [2.45, 2.75) is 25.2 Å². The van der Waals surface area contributed by atoms with Crippen LogP contribution in [0.3, 0.4) is 0 Å². The number of hydrogen-bond acceptors (Lipinski definition) is 5. The summed E-state index contributed by atoms with van der Waals surface area (Å²) in [4.78, 5) is 18.0. The molecule has 2 N–H and O–H groups in total. The molecule has 0 aromatic carbocycles. The van der Waals surface area contributed by atoms with Crippen molar-refractivity contribution in [3.05, 3.63) is 42.4 Å². The van der Waals surface area contributed by atoms with Gasteiger partial charge in [-0.1, -0.05) is 0 Å². The number of hydrogen-bond donors (Lipinski definition) is 2. The van der Waals surface area contributed by atoms with Crippen LogP contribution in [0.1, 0.15) is 18.7 Å². The zero-order chi connectivity index (χ0) is 19.4. The Labute approximate surface area is 154 Å². The second kappa shape index (κ2) is 8.10. The Kier molecular flexibility index (Phi) is 5.81. The number of pyridine rings is 1. The van der Waals surface area contributed by atoms with Crippen molar-refractivity contribution < 1.29 is 22.4 Å². The van der Waals surface area contributed by atoms with E-state index in [-0.39, 0.29) is 6.04 Å². The highest BCUT2D eigenvalue weighted by Gasteiger charge is 2.33. The minimum atomic E-state index is -4.42. The van der Waals surface area contributed by atoms with Gasteiger partial charge in [-0.15, -0.1) is 0 Å². The van der Waals surface area contributed by atoms with Gasteiger partial charge in [0.25, 0.3) is 0 Å². The minimum absolute atomic E-state index is 0.111. The molecule has 1 amide bonds. The highest BCUT2D eigenvalue weighted by Crippen LogP contribution is 2.28. The molecular weight excluding hydrogens is 361 g/mol. The fraction of sp³-hybridized carbons (Fsp3) is 0.444. The number of carbonyl (C=O) groups excluding carboxylic acids is 1. The lowest BCUT2D eigenvalue weighted by Crippen LogP contribution is -2.58. The van der Waals surface area contributed by atoms with E-state index < -0.39 is 24.7 Å². The number of alkyl halides is 3. The SMILES string of the molecule is CC(c1ccc(-c2ccncc2)o1)N1CCN[C@H](C(=O)NCC(F)(F)F)C1. The second-order valence-corrected chi connectivity index (χ2v) is 6.45. The summed E-state index contributed by atoms with van der Waals surface area (Å²) in [5.74, 6) is 0.799. The fourth-order valence-electron chi connectivity index (χ4n) is 3.04. The van der Waals surface area contributed by atoms with Crippen LogP contribution < -0.4 is 10.6 Å². The molecule has 9 heteroatoms. The van der Waals surface area contributed by atoms with E-state index in [1.807, 2.05) is 41.4 Å². The smallest absolute Gasteiger partial charge is 0.405 e. The van der Waals surface area contributed by atoms with Gasteiger partial charge in [-0.3, -0.25) is 14.7 Å². The van der Waals surface area contributed by atoms with Crippen molar-refractivity contribution in [1.82, 2.24) is 20.5 Å². The topological polar surface area (TPSA) is 70.4 Å². The molecule has 1 saturated heterocycles. The third kappa shape index (κ3) is 5.08. The third-order valence-electron chi connectivity index (χ3n) is 4.54. The maximum atomic E-state index is 12.3. The largest absolute Gasteiger partial charge is 0.459 e. The van der Waals surface area contributed by atoms with Gasteiger partial charge in [0, 0.05) is 37.6 Å². The average Bonchev–Trinajstić information content (AvgIpc) is 3.16. The molecule has 0 radical (unpaired) electrons. The number of nitrogens with one attached hydrogen (secondary N) is 2. The van der Waals surface area contributed by atoms with Gasteiger partial charge in [-0.2, -0.15) is 13.2 Å². The molecule has 1 fully saturated rings. The van der Waals surface area contributed by atoms with Crippen LogP contribution in [0.5, 0.6) is 0 Å². The van der Waals surface area contributed by atoms with Gasteiger partial charge in [0.1, 0.15) is 18.1 Å². The van der Waals surface area contributed by atoms with E-state index in [0.29, 0.717) is 25.4 Å². The van der Waals surface area contributed by atoms with E-state index in [0.717, 1.165) is 11.3 Å². The van der Waals surface area contributed by atoms with Crippen LogP contribution in [-0.4, -0.2) is 54.2 Å². The van der Waals surface area contributed by atoms with Crippen LogP contribution in [0, 0.1) is 0 Å². The molecule has 3 rings (SSSR count). The summed E-state index contributed by atoms with van der Waals surface area (Å²) in [6.07, 6.45) is -1.06. The van der Waals surface area contributed by atoms with E-state index >= 15 is 0 Å². The summed E-state index contributed by atoms with van der Waals surface area (Å²) < 4.78 is 42.8. The first kappa shape index (κ1) is 19.4. The van der Waals surface area contributed by atoms with Gasteiger partial charge >= 0.3 is 6.18 Å². The van der Waals surface area contributed by atoms with Gasteiger partial charge in [0.05, 0.1) is 12.1 Å². The molecule has 1 aliphatic rings. The molecule has 2 aromatic heterocycles. The number of carbonyl (C=O) groups is 1. The maximum Gasteiger partial charge on any atom is 0.405 e. The summed E-state index contributed by atoms with van der Waals surface area (Å²) in [5, 5.41) is 4.90. The molecule has 27 heavy (non-hydrogen) atoms. The first-order valence-electron chi connectivity index (χ1n) is 8.65. The number of rotatable bonds is 5. The summed E-state index contributed by atoms with van der Waals surface area (Å²) in [6, 6.07) is 6.63. The van der Waals surface area contributed by atoms with Gasteiger partial charge < -0.3 is 15.1 Å². The van der Waals surface area contributed by atoms with Crippen LogP contribution in [0.2, 0.25) is 0 Å². The lowest BCUT2D eigenvalue weighted by atomic mass is 10.1. The van der Waals surface area contributed by atoms with E-state index in [1.54, 1.807) is 12.4 Å². The van der Waals surface area contributed by atoms with Gasteiger partial charge in [0.15, 0.2) is 0 Å². The van der Waals surface area contributed by atoms with Crippen molar-refractivity contribution in [1.29, 1.82) is 0 Å². The van der Waals surface area contributed by atoms with Crippen LogP contribution >= 0.6 is 0 Å². The van der Waals surface area contributed by atoms with Crippen LogP contribution in [-0.2, 0) is 4.79 Å². The number of nitrogens with zero attached hydrogens (tertiary/aromatic N) is 2. The molecule has 146 valence electrons. The molecule has 2 atom stereocenters. The van der Waals surface area contributed by atoms with Crippen molar-refractivity contribution >= 4 is 5.91 Å². The van der Waals surface area contributed by atoms with Crippen LogP contribution in [0.15, 0.2) is 41.1 Å². The molecule has 6 nitrogen and oxygen atoms in total. The minimum Gasteiger partial charge on any atom is -0.459 e. The molecule has 3 heterocycles. The fourth-order valence-corrected chi connectivity index (χ4v) is 3.04. The Morgan fingerprint density at radius 2 is 2.11 bits per heavy atom. The Balaban J connectivity index is 1.62. The first-order chi connectivity index (χ1) is 12.8. The van der Waals surface area contributed by atoms with Gasteiger partial charge in [-0.05, 0) is 31.2 Å². The second-order valence-electron chi connectivity index (χ2n) is 6.45. The highest BCUT2D eigenvalue weighted by molar-refractivity contribution is 5.82. The molecule has 1 unspecified atom stereocenters. The molecule has 2 aromatic rings.